The first kappa shape index (κ1) is 35.1. The van der Waals surface area contributed by atoms with Crippen molar-refractivity contribution in [2.45, 2.75) is 6.92 Å². The Labute approximate surface area is 296 Å². The zero-order chi connectivity index (χ0) is 30.8. The first-order chi connectivity index (χ1) is 20.2. The minimum Gasteiger partial charge on any atom is -0.423 e. The Morgan fingerprint density at radius 3 is 1.88 bits per heavy atom. The molecular weight excluding hydrogens is 927 g/mol. The second kappa shape index (κ2) is 17.2. The molecule has 0 fully saturated rings. The van der Waals surface area contributed by atoms with E-state index in [1.165, 1.54) is 48.7 Å². The number of hydrogen-bond donors (Lipinski definition) is 2. The van der Waals surface area contributed by atoms with E-state index in [1.807, 2.05) is 45.7 Å². The van der Waals surface area contributed by atoms with Gasteiger partial charge >= 0.3 is 7.12 Å². The quantitative estimate of drug-likeness (QED) is 0.0609. The highest BCUT2D eigenvalue weighted by Crippen LogP contribution is 2.38. The summed E-state index contributed by atoms with van der Waals surface area (Å²) in [4.78, 5) is 11.8. The monoisotopic (exact) mass is 949 g/mol. The van der Waals surface area contributed by atoms with Crippen molar-refractivity contribution in [3.05, 3.63) is 124 Å². The van der Waals surface area contributed by atoms with Crippen molar-refractivity contribution >= 4 is 138 Å². The van der Waals surface area contributed by atoms with Crippen molar-refractivity contribution in [2.75, 3.05) is 4.93 Å². The number of nitro groups is 1. The first-order valence-electron chi connectivity index (χ1n) is 12.2. The summed E-state index contributed by atoms with van der Waals surface area (Å²) < 4.78 is 5.21. The van der Waals surface area contributed by atoms with Gasteiger partial charge in [0.05, 0.1) is 8.49 Å². The summed E-state index contributed by atoms with van der Waals surface area (Å²) in [5.74, 6) is 0. The third kappa shape index (κ3) is 8.84. The lowest BCUT2D eigenvalue weighted by Crippen LogP contribution is -2.28. The predicted molar refractivity (Wildman–Crippen MR) is 205 cm³/mol. The maximum absolute atomic E-state index is 10.2. The van der Waals surface area contributed by atoms with Crippen LogP contribution < -0.4 is 5.46 Å². The van der Waals surface area contributed by atoms with E-state index in [1.54, 1.807) is 34.9 Å². The van der Waals surface area contributed by atoms with Gasteiger partial charge in [0.1, 0.15) is 0 Å². The van der Waals surface area contributed by atoms with Crippen LogP contribution in [0.15, 0.2) is 105 Å². The third-order valence-corrected chi connectivity index (χ3v) is 10.7. The van der Waals surface area contributed by atoms with Gasteiger partial charge in [-0.05, 0) is 112 Å². The van der Waals surface area contributed by atoms with Crippen molar-refractivity contribution in [1.29, 1.82) is 0 Å². The van der Waals surface area contributed by atoms with Crippen LogP contribution in [-0.4, -0.2) is 27.0 Å². The summed E-state index contributed by atoms with van der Waals surface area (Å²) in [5, 5.41) is 34.6. The molecule has 42 heavy (non-hydrogen) atoms. The minimum atomic E-state index is -1.39. The van der Waals surface area contributed by atoms with Crippen molar-refractivity contribution < 1.29 is 15.0 Å². The van der Waals surface area contributed by atoms with Crippen LogP contribution in [0.3, 0.4) is 0 Å². The van der Waals surface area contributed by atoms with E-state index in [4.69, 9.17) is 10.0 Å². The van der Waals surface area contributed by atoms with Gasteiger partial charge in [-0.1, -0.05) is 83.3 Å². The van der Waals surface area contributed by atoms with Gasteiger partial charge in [-0.3, -0.25) is 10.1 Å². The number of hydrogen-bond acceptors (Lipinski definition) is 6. The van der Waals surface area contributed by atoms with Gasteiger partial charge in [-0.15, -0.1) is 22.7 Å². The van der Waals surface area contributed by atoms with E-state index < -0.39 is 7.12 Å². The highest BCUT2D eigenvalue weighted by atomic mass is 127. The molecule has 0 aliphatic rings. The Morgan fingerprint density at radius 2 is 1.31 bits per heavy atom. The molecule has 0 saturated carbocycles. The van der Waals surface area contributed by atoms with Crippen LogP contribution in [0.5, 0.6) is 0 Å². The van der Waals surface area contributed by atoms with E-state index in [2.05, 4.69) is 109 Å². The molecule has 4 aromatic carbocycles. The van der Waals surface area contributed by atoms with E-state index in [9.17, 15) is 10.1 Å². The number of rotatable bonds is 3. The molecule has 0 unspecified atom stereocenters. The Bertz CT molecular complexity index is 1800. The zero-order valence-corrected chi connectivity index (χ0v) is 31.4. The van der Waals surface area contributed by atoms with Gasteiger partial charge in [0.2, 0.25) is 0 Å². The summed E-state index contributed by atoms with van der Waals surface area (Å²) in [6.45, 7) is 2.16. The SMILES string of the molecule is CI.Cc1ccccc1-c1csc2c(Br)cccc12.O=[N+]([O-])c1ccccc1I.OB(O)c1csc2c(Br)cccc12. The fourth-order valence-corrected chi connectivity index (χ4v) is 7.79. The topological polar surface area (TPSA) is 83.6 Å². The first-order valence-corrected chi connectivity index (χ1v) is 18.8. The largest absolute Gasteiger partial charge is 0.489 e. The van der Waals surface area contributed by atoms with Crippen molar-refractivity contribution in [1.82, 2.24) is 0 Å². The maximum Gasteiger partial charge on any atom is 0.489 e. The molecule has 0 saturated heterocycles. The van der Waals surface area contributed by atoms with E-state index in [0.717, 1.165) is 14.6 Å². The molecule has 0 atom stereocenters. The number of nitrogens with zero attached hydrogens (tertiary/aromatic N) is 1. The molecule has 2 heterocycles. The number of nitro benzene ring substituents is 1. The highest BCUT2D eigenvalue weighted by molar-refractivity contribution is 14.1. The molecule has 216 valence electrons. The molecule has 0 aliphatic carbocycles. The number of benzene rings is 4. The average molecular weight is 951 g/mol. The average Bonchev–Trinajstić information content (AvgIpc) is 3.62. The zero-order valence-electron chi connectivity index (χ0n) is 22.3. The Morgan fingerprint density at radius 1 is 0.762 bits per heavy atom. The van der Waals surface area contributed by atoms with Gasteiger partial charge in [-0.2, -0.15) is 0 Å². The summed E-state index contributed by atoms with van der Waals surface area (Å²) >= 11 is 14.4. The van der Waals surface area contributed by atoms with Crippen molar-refractivity contribution in [3.63, 3.8) is 0 Å². The van der Waals surface area contributed by atoms with Gasteiger partial charge in [0.15, 0.2) is 0 Å². The van der Waals surface area contributed by atoms with Gasteiger partial charge in [0.25, 0.3) is 5.69 Å². The lowest BCUT2D eigenvalue weighted by molar-refractivity contribution is -0.385. The normalized spacial score (nSPS) is 10.1. The summed E-state index contributed by atoms with van der Waals surface area (Å²) in [6, 6.07) is 27.2. The van der Waals surface area contributed by atoms with E-state index >= 15 is 0 Å². The number of halogens is 4. The standard InChI is InChI=1S/C15H11BrS.C8H6BBrO2S.C6H4INO2.CH3I/c1-10-5-2-3-6-11(10)13-9-17-15-12(13)7-4-8-14(15)16;10-7-3-1-2-5-6(9(11)12)4-13-8(5)7;7-5-3-1-2-4-6(5)8(9)10;1-2/h2-9H,1H3;1-4,11-12H;1-4H;1H3. The molecule has 6 aromatic rings. The number of alkyl halides is 1. The number of thiophene rings is 2. The second-order valence-electron chi connectivity index (χ2n) is 8.47. The van der Waals surface area contributed by atoms with E-state index in [0.29, 0.717) is 9.03 Å². The van der Waals surface area contributed by atoms with Crippen LogP contribution in [-0.2, 0) is 0 Å². The third-order valence-electron chi connectivity index (χ3n) is 5.90. The number of para-hydroxylation sites is 1. The molecule has 12 heteroatoms. The van der Waals surface area contributed by atoms with Crippen LogP contribution in [0.25, 0.3) is 31.3 Å². The van der Waals surface area contributed by atoms with Crippen molar-refractivity contribution in [2.24, 2.45) is 0 Å². The Balaban J connectivity index is 0.000000174. The van der Waals surface area contributed by atoms with Gasteiger partial charge in [-0.25, -0.2) is 0 Å². The fraction of sp³-hybridized carbons (Fsp3) is 0.0667. The molecular formula is C30H24BBr2I2NO4S2. The minimum absolute atomic E-state index is 0.170. The summed E-state index contributed by atoms with van der Waals surface area (Å²) in [7, 11) is -1.39. The molecule has 0 amide bonds. The molecule has 2 N–H and O–H groups in total. The molecule has 0 radical (unpaired) electrons. The summed E-state index contributed by atoms with van der Waals surface area (Å²) in [6.07, 6.45) is 0. The van der Waals surface area contributed by atoms with Crippen LogP contribution in [0.2, 0.25) is 0 Å². The van der Waals surface area contributed by atoms with Crippen LogP contribution >= 0.6 is 99.7 Å². The molecule has 0 bridgehead atoms. The lowest BCUT2D eigenvalue weighted by Gasteiger charge is -2.04. The molecule has 2 aromatic heterocycles. The maximum atomic E-state index is 10.2. The Hall–Kier alpha value is -1.40. The second-order valence-corrected chi connectivity index (χ2v) is 13.1. The smallest absolute Gasteiger partial charge is 0.423 e. The Kier molecular flexibility index (Phi) is 14.4. The van der Waals surface area contributed by atoms with Crippen LogP contribution in [0, 0.1) is 20.6 Å². The predicted octanol–water partition coefficient (Wildman–Crippen LogP) is 10.2. The van der Waals surface area contributed by atoms with Crippen molar-refractivity contribution in [3.8, 4) is 11.1 Å². The van der Waals surface area contributed by atoms with Gasteiger partial charge < -0.3 is 10.0 Å². The molecule has 5 nitrogen and oxygen atoms in total. The number of fused-ring (bicyclic) bond motifs is 2. The van der Waals surface area contributed by atoms with E-state index in [-0.39, 0.29) is 10.6 Å². The van der Waals surface area contributed by atoms with Crippen LogP contribution in [0.1, 0.15) is 5.56 Å². The number of aryl methyl sites for hydroxylation is 1. The van der Waals surface area contributed by atoms with Gasteiger partial charge in [0, 0.05) is 40.8 Å². The fourth-order valence-electron chi connectivity index (χ4n) is 3.95. The highest BCUT2D eigenvalue weighted by Gasteiger charge is 2.17. The molecule has 0 aliphatic heterocycles. The summed E-state index contributed by atoms with van der Waals surface area (Å²) in [5.41, 5.74) is 4.73. The molecule has 6 rings (SSSR count). The molecule has 0 spiro atoms. The lowest BCUT2D eigenvalue weighted by atomic mass is 9.80. The van der Waals surface area contributed by atoms with Crippen LogP contribution in [0.4, 0.5) is 5.69 Å².